The van der Waals surface area contributed by atoms with E-state index >= 15 is 0 Å². The van der Waals surface area contributed by atoms with Gasteiger partial charge in [-0.2, -0.15) is 0 Å². The van der Waals surface area contributed by atoms with Crippen LogP contribution in [-0.2, 0) is 4.74 Å². The van der Waals surface area contributed by atoms with Gasteiger partial charge >= 0.3 is 0 Å². The number of ether oxygens (including phenoxy) is 3. The maximum Gasteiger partial charge on any atom is 0.261 e. The topological polar surface area (TPSA) is 51.2 Å². The molecule has 0 radical (unpaired) electrons. The molecule has 6 nitrogen and oxygen atoms in total. The fourth-order valence-electron chi connectivity index (χ4n) is 6.19. The smallest absolute Gasteiger partial charge is 0.261 e. The Hall–Kier alpha value is -3.51. The Morgan fingerprint density at radius 1 is 1.04 bits per heavy atom. The maximum atomic E-state index is 13.8. The lowest BCUT2D eigenvalue weighted by Crippen LogP contribution is -2.53. The van der Waals surface area contributed by atoms with Crippen molar-refractivity contribution in [3.63, 3.8) is 0 Å². The zero-order chi connectivity index (χ0) is 32.5. The third-order valence-electron chi connectivity index (χ3n) is 9.45. The molecule has 1 unspecified atom stereocenters. The first-order valence-electron chi connectivity index (χ1n) is 16.8. The van der Waals surface area contributed by atoms with Crippen molar-refractivity contribution in [1.29, 1.82) is 0 Å². The fourth-order valence-corrected chi connectivity index (χ4v) is 6.19. The SMILES string of the molecule is CC/C=C/C(=C\C(C)CC)c1ccc(N(/C=C(/C)CC)c2cc(OC)c(C(=O)N3CC(C4CCOCC4)C3)c(OC)c2)c(C)c1. The van der Waals surface area contributed by atoms with Crippen molar-refractivity contribution in [2.24, 2.45) is 17.8 Å². The molecular weight excluding hydrogens is 560 g/mol. The number of rotatable bonds is 13. The molecule has 0 aromatic heterocycles. The first kappa shape index (κ1) is 34.4. The van der Waals surface area contributed by atoms with Gasteiger partial charge in [-0.15, -0.1) is 0 Å². The molecule has 2 aliphatic rings. The van der Waals surface area contributed by atoms with Gasteiger partial charge in [0.15, 0.2) is 0 Å². The van der Waals surface area contributed by atoms with Crippen LogP contribution in [0.3, 0.4) is 0 Å². The molecule has 0 spiro atoms. The molecule has 4 rings (SSSR count). The lowest BCUT2D eigenvalue weighted by atomic mass is 9.80. The summed E-state index contributed by atoms with van der Waals surface area (Å²) >= 11 is 0. The number of allylic oxidation sites excluding steroid dienone is 5. The number of benzene rings is 2. The van der Waals surface area contributed by atoms with Gasteiger partial charge in [0.1, 0.15) is 17.1 Å². The van der Waals surface area contributed by atoms with Crippen molar-refractivity contribution in [2.45, 2.75) is 73.6 Å². The van der Waals surface area contributed by atoms with Crippen LogP contribution in [-0.4, -0.2) is 51.3 Å². The highest BCUT2D eigenvalue weighted by Gasteiger charge is 2.39. The zero-order valence-electron chi connectivity index (χ0n) is 28.8. The van der Waals surface area contributed by atoms with Crippen molar-refractivity contribution < 1.29 is 19.0 Å². The number of likely N-dealkylation sites (tertiary alicyclic amines) is 1. The van der Waals surface area contributed by atoms with Gasteiger partial charge in [-0.05, 0) is 86.1 Å². The van der Waals surface area contributed by atoms with E-state index in [0.29, 0.717) is 34.8 Å². The van der Waals surface area contributed by atoms with Crippen molar-refractivity contribution in [1.82, 2.24) is 4.90 Å². The number of amides is 1. The Morgan fingerprint density at radius 2 is 1.71 bits per heavy atom. The number of hydrogen-bond acceptors (Lipinski definition) is 5. The average molecular weight is 615 g/mol. The summed E-state index contributed by atoms with van der Waals surface area (Å²) in [6, 6.07) is 10.6. The van der Waals surface area contributed by atoms with Gasteiger partial charge in [0.05, 0.1) is 19.9 Å². The summed E-state index contributed by atoms with van der Waals surface area (Å²) in [6.07, 6.45) is 14.2. The summed E-state index contributed by atoms with van der Waals surface area (Å²) in [5, 5.41) is 0. The highest BCUT2D eigenvalue weighted by molar-refractivity contribution is 6.01. The van der Waals surface area contributed by atoms with Crippen molar-refractivity contribution >= 4 is 22.9 Å². The summed E-state index contributed by atoms with van der Waals surface area (Å²) in [4.78, 5) is 17.9. The highest BCUT2D eigenvalue weighted by atomic mass is 16.5. The van der Waals surface area contributed by atoms with Crippen LogP contribution >= 0.6 is 0 Å². The minimum atomic E-state index is -0.0355. The lowest BCUT2D eigenvalue weighted by Gasteiger charge is -2.44. The summed E-state index contributed by atoms with van der Waals surface area (Å²) in [5.41, 5.74) is 7.30. The zero-order valence-corrected chi connectivity index (χ0v) is 28.8. The van der Waals surface area contributed by atoms with Crippen molar-refractivity contribution in [3.05, 3.63) is 77.0 Å². The van der Waals surface area contributed by atoms with Crippen LogP contribution < -0.4 is 14.4 Å². The molecule has 2 aromatic carbocycles. The number of carbonyl (C=O) groups is 1. The Kier molecular flexibility index (Phi) is 12.3. The van der Waals surface area contributed by atoms with E-state index in [1.807, 2.05) is 17.0 Å². The van der Waals surface area contributed by atoms with Gasteiger partial charge in [0, 0.05) is 50.3 Å². The highest BCUT2D eigenvalue weighted by Crippen LogP contribution is 2.41. The molecule has 0 bridgehead atoms. The van der Waals surface area contributed by atoms with E-state index in [-0.39, 0.29) is 5.91 Å². The normalized spacial score (nSPS) is 17.4. The third kappa shape index (κ3) is 8.21. The van der Waals surface area contributed by atoms with Crippen LogP contribution in [0, 0.1) is 24.7 Å². The molecule has 0 saturated carbocycles. The molecule has 244 valence electrons. The molecule has 45 heavy (non-hydrogen) atoms. The lowest BCUT2D eigenvalue weighted by molar-refractivity contribution is -0.00285. The third-order valence-corrected chi connectivity index (χ3v) is 9.45. The van der Waals surface area contributed by atoms with Gasteiger partial charge in [-0.1, -0.05) is 64.0 Å². The van der Waals surface area contributed by atoms with Crippen LogP contribution in [0.25, 0.3) is 5.57 Å². The number of aryl methyl sites for hydroxylation is 1. The predicted octanol–water partition coefficient (Wildman–Crippen LogP) is 9.36. The molecular formula is C39H54N2O4. The van der Waals surface area contributed by atoms with Crippen LogP contribution in [0.5, 0.6) is 11.5 Å². The monoisotopic (exact) mass is 614 g/mol. The second-order valence-electron chi connectivity index (χ2n) is 12.7. The number of hydrogen-bond donors (Lipinski definition) is 0. The summed E-state index contributed by atoms with van der Waals surface area (Å²) in [5.74, 6) is 2.68. The fraction of sp³-hybridized carbons (Fsp3) is 0.513. The summed E-state index contributed by atoms with van der Waals surface area (Å²) in [7, 11) is 3.26. The molecule has 0 aliphatic carbocycles. The van der Waals surface area contributed by atoms with Gasteiger partial charge < -0.3 is 24.0 Å². The van der Waals surface area contributed by atoms with E-state index in [0.717, 1.165) is 75.3 Å². The summed E-state index contributed by atoms with van der Waals surface area (Å²) < 4.78 is 17.3. The summed E-state index contributed by atoms with van der Waals surface area (Å²) in [6.45, 7) is 16.3. The van der Waals surface area contributed by atoms with Crippen LogP contribution in [0.15, 0.2) is 60.3 Å². The molecule has 2 aliphatic heterocycles. The Morgan fingerprint density at radius 3 is 2.27 bits per heavy atom. The van der Waals surface area contributed by atoms with E-state index < -0.39 is 0 Å². The second-order valence-corrected chi connectivity index (χ2v) is 12.7. The Bertz CT molecular complexity index is 1370. The molecule has 0 N–H and O–H groups in total. The largest absolute Gasteiger partial charge is 0.496 e. The van der Waals surface area contributed by atoms with Gasteiger partial charge in [0.25, 0.3) is 5.91 Å². The minimum absolute atomic E-state index is 0.0355. The molecule has 6 heteroatoms. The molecule has 2 aromatic rings. The predicted molar refractivity (Wildman–Crippen MR) is 187 cm³/mol. The Balaban J connectivity index is 1.70. The first-order valence-corrected chi connectivity index (χ1v) is 16.8. The van der Waals surface area contributed by atoms with Crippen LogP contribution in [0.4, 0.5) is 11.4 Å². The van der Waals surface area contributed by atoms with E-state index in [9.17, 15) is 4.79 Å². The van der Waals surface area contributed by atoms with E-state index in [4.69, 9.17) is 14.2 Å². The molecule has 2 heterocycles. The van der Waals surface area contributed by atoms with Crippen molar-refractivity contribution in [3.8, 4) is 11.5 Å². The number of anilines is 2. The molecule has 1 atom stereocenters. The van der Waals surface area contributed by atoms with Crippen molar-refractivity contribution in [2.75, 3.05) is 45.4 Å². The number of nitrogens with zero attached hydrogens (tertiary/aromatic N) is 2. The van der Waals surface area contributed by atoms with Crippen LogP contribution in [0.2, 0.25) is 0 Å². The Labute approximate surface area is 271 Å². The minimum Gasteiger partial charge on any atom is -0.496 e. The van der Waals surface area contributed by atoms with Gasteiger partial charge in [-0.3, -0.25) is 4.79 Å². The standard InChI is InChI=1S/C39H54N2O4/c1-9-12-13-31(20-27(4)10-2)32-14-15-35(29(6)21-32)41(24-28(5)11-3)34-22-36(43-7)38(37(23-34)44-8)39(42)40-25-33(26-40)30-16-18-45-19-17-30/h12-15,20-24,27,30,33H,9-11,16-19,25-26H2,1-8H3/b13-12+,28-24-,31-20+. The number of carbonyl (C=O) groups excluding carboxylic acids is 1. The van der Waals surface area contributed by atoms with Crippen LogP contribution in [0.1, 0.15) is 88.2 Å². The molecule has 1 amide bonds. The van der Waals surface area contributed by atoms with E-state index in [1.54, 1.807) is 14.2 Å². The average Bonchev–Trinajstić information content (AvgIpc) is 3.04. The van der Waals surface area contributed by atoms with E-state index in [2.05, 4.69) is 89.1 Å². The maximum absolute atomic E-state index is 13.8. The quantitative estimate of drug-likeness (QED) is 0.211. The van der Waals surface area contributed by atoms with Gasteiger partial charge in [0.2, 0.25) is 0 Å². The number of methoxy groups -OCH3 is 2. The molecule has 2 fully saturated rings. The van der Waals surface area contributed by atoms with E-state index in [1.165, 1.54) is 16.7 Å². The van der Waals surface area contributed by atoms with Gasteiger partial charge in [-0.25, -0.2) is 0 Å². The second kappa shape index (κ2) is 16.2. The molecule has 2 saturated heterocycles. The first-order chi connectivity index (χ1) is 21.7.